The zero-order valence-corrected chi connectivity index (χ0v) is 12.3. The van der Waals surface area contributed by atoms with E-state index in [2.05, 4.69) is 13.2 Å². The molecule has 0 bridgehead atoms. The second-order valence-corrected chi connectivity index (χ2v) is 5.20. The SMILES string of the molecule is C=C(C)C(=O)OCC(C)CC(C)COC(=O)C(=C)C. The number of hydrogen-bond acceptors (Lipinski definition) is 4. The van der Waals surface area contributed by atoms with E-state index >= 15 is 0 Å². The molecule has 0 saturated carbocycles. The molecule has 0 aliphatic rings. The molecule has 0 rings (SSSR count). The average molecular weight is 268 g/mol. The first-order valence-electron chi connectivity index (χ1n) is 6.39. The van der Waals surface area contributed by atoms with E-state index in [4.69, 9.17) is 9.47 Å². The number of rotatable bonds is 8. The third-order valence-electron chi connectivity index (χ3n) is 2.50. The summed E-state index contributed by atoms with van der Waals surface area (Å²) in [5.74, 6) is -0.315. The van der Waals surface area contributed by atoms with E-state index in [1.165, 1.54) is 0 Å². The van der Waals surface area contributed by atoms with E-state index in [0.717, 1.165) is 6.42 Å². The Balaban J connectivity index is 3.89. The zero-order chi connectivity index (χ0) is 15.0. The molecule has 0 N–H and O–H groups in total. The van der Waals surface area contributed by atoms with Gasteiger partial charge < -0.3 is 9.47 Å². The third-order valence-corrected chi connectivity index (χ3v) is 2.50. The second kappa shape index (κ2) is 8.51. The van der Waals surface area contributed by atoms with Crippen LogP contribution in [-0.4, -0.2) is 25.2 Å². The Morgan fingerprint density at radius 3 is 1.47 bits per heavy atom. The van der Waals surface area contributed by atoms with E-state index in [-0.39, 0.29) is 23.8 Å². The van der Waals surface area contributed by atoms with E-state index in [0.29, 0.717) is 24.4 Å². The molecule has 0 aliphatic heterocycles. The van der Waals surface area contributed by atoms with Gasteiger partial charge in [0.25, 0.3) is 0 Å². The molecule has 2 unspecified atom stereocenters. The fraction of sp³-hybridized carbons (Fsp3) is 0.600. The van der Waals surface area contributed by atoms with Crippen molar-refractivity contribution < 1.29 is 19.1 Å². The van der Waals surface area contributed by atoms with E-state index in [1.807, 2.05) is 13.8 Å². The molecule has 4 heteroatoms. The summed E-state index contributed by atoms with van der Waals surface area (Å²) in [5.41, 5.74) is 0.797. The van der Waals surface area contributed by atoms with Crippen LogP contribution in [0.1, 0.15) is 34.1 Å². The summed E-state index contributed by atoms with van der Waals surface area (Å²) in [6.07, 6.45) is 0.812. The lowest BCUT2D eigenvalue weighted by Crippen LogP contribution is -2.18. The highest BCUT2D eigenvalue weighted by Crippen LogP contribution is 2.13. The Morgan fingerprint density at radius 2 is 1.21 bits per heavy atom. The molecule has 0 spiro atoms. The zero-order valence-electron chi connectivity index (χ0n) is 12.3. The van der Waals surface area contributed by atoms with Gasteiger partial charge in [0.05, 0.1) is 13.2 Å². The normalized spacial score (nSPS) is 13.3. The summed E-state index contributed by atoms with van der Waals surface area (Å²) in [4.78, 5) is 22.4. The molecule has 19 heavy (non-hydrogen) atoms. The third kappa shape index (κ3) is 8.19. The number of carbonyl (C=O) groups excluding carboxylic acids is 2. The monoisotopic (exact) mass is 268 g/mol. The molecule has 2 atom stereocenters. The summed E-state index contributed by atoms with van der Waals surface area (Å²) in [6.45, 7) is 15.0. The van der Waals surface area contributed by atoms with Gasteiger partial charge in [-0.15, -0.1) is 0 Å². The highest BCUT2D eigenvalue weighted by Gasteiger charge is 2.13. The topological polar surface area (TPSA) is 52.6 Å². The van der Waals surface area contributed by atoms with Gasteiger partial charge in [-0.3, -0.25) is 0 Å². The van der Waals surface area contributed by atoms with Crippen LogP contribution in [0.2, 0.25) is 0 Å². The van der Waals surface area contributed by atoms with Crippen LogP contribution in [0, 0.1) is 11.8 Å². The Hall–Kier alpha value is -1.58. The smallest absolute Gasteiger partial charge is 0.333 e. The van der Waals surface area contributed by atoms with Gasteiger partial charge in [-0.25, -0.2) is 9.59 Å². The van der Waals surface area contributed by atoms with E-state index in [9.17, 15) is 9.59 Å². The highest BCUT2D eigenvalue weighted by molar-refractivity contribution is 5.87. The maximum atomic E-state index is 11.2. The standard InChI is InChI=1S/C15H24O4/c1-10(2)14(16)18-8-12(5)7-13(6)9-19-15(17)11(3)4/h12-13H,1,3,7-9H2,2,4-6H3. The Labute approximate surface area is 115 Å². The van der Waals surface area contributed by atoms with E-state index < -0.39 is 0 Å². The van der Waals surface area contributed by atoms with Crippen LogP contribution >= 0.6 is 0 Å². The summed E-state index contributed by atoms with van der Waals surface area (Å²) < 4.78 is 10.1. The molecule has 0 fully saturated rings. The first kappa shape index (κ1) is 17.4. The molecule has 0 radical (unpaired) electrons. The minimum atomic E-state index is -0.367. The average Bonchev–Trinajstić information content (AvgIpc) is 2.32. The van der Waals surface area contributed by atoms with Crippen LogP contribution in [0.3, 0.4) is 0 Å². The quantitative estimate of drug-likeness (QED) is 0.502. The predicted molar refractivity (Wildman–Crippen MR) is 74.5 cm³/mol. The first-order chi connectivity index (χ1) is 8.73. The fourth-order valence-corrected chi connectivity index (χ4v) is 1.51. The maximum absolute atomic E-state index is 11.2. The minimum absolute atomic E-state index is 0.210. The molecular weight excluding hydrogens is 244 g/mol. The number of esters is 2. The summed E-state index contributed by atoms with van der Waals surface area (Å²) in [5, 5.41) is 0. The summed E-state index contributed by atoms with van der Waals surface area (Å²) in [6, 6.07) is 0. The van der Waals surface area contributed by atoms with Crippen molar-refractivity contribution in [3.05, 3.63) is 24.3 Å². The molecule has 0 aromatic rings. The van der Waals surface area contributed by atoms with Crippen molar-refractivity contribution in [2.75, 3.05) is 13.2 Å². The van der Waals surface area contributed by atoms with Crippen molar-refractivity contribution in [3.8, 4) is 0 Å². The fourth-order valence-electron chi connectivity index (χ4n) is 1.51. The molecular formula is C15H24O4. The van der Waals surface area contributed by atoms with Gasteiger partial charge in [-0.05, 0) is 32.1 Å². The second-order valence-electron chi connectivity index (χ2n) is 5.20. The van der Waals surface area contributed by atoms with Gasteiger partial charge >= 0.3 is 11.9 Å². The number of carbonyl (C=O) groups is 2. The molecule has 0 aromatic heterocycles. The Bertz CT molecular complexity index is 323. The van der Waals surface area contributed by atoms with Crippen molar-refractivity contribution in [1.29, 1.82) is 0 Å². The van der Waals surface area contributed by atoms with Crippen LogP contribution in [0.4, 0.5) is 0 Å². The largest absolute Gasteiger partial charge is 0.462 e. The lowest BCUT2D eigenvalue weighted by atomic mass is 9.99. The van der Waals surface area contributed by atoms with Crippen molar-refractivity contribution in [2.45, 2.75) is 34.1 Å². The van der Waals surface area contributed by atoms with Crippen LogP contribution in [0.15, 0.2) is 24.3 Å². The van der Waals surface area contributed by atoms with Gasteiger partial charge in [0.1, 0.15) is 0 Å². The number of hydrogen-bond donors (Lipinski definition) is 0. The molecule has 0 heterocycles. The van der Waals surface area contributed by atoms with Gasteiger partial charge in [0, 0.05) is 11.1 Å². The van der Waals surface area contributed by atoms with Crippen LogP contribution in [0.25, 0.3) is 0 Å². The number of ether oxygens (including phenoxy) is 2. The van der Waals surface area contributed by atoms with Gasteiger partial charge in [0.2, 0.25) is 0 Å². The predicted octanol–water partition coefficient (Wildman–Crippen LogP) is 2.89. The van der Waals surface area contributed by atoms with Crippen molar-refractivity contribution >= 4 is 11.9 Å². The van der Waals surface area contributed by atoms with Crippen LogP contribution in [-0.2, 0) is 19.1 Å². The summed E-state index contributed by atoms with van der Waals surface area (Å²) in [7, 11) is 0. The van der Waals surface area contributed by atoms with Crippen LogP contribution in [0.5, 0.6) is 0 Å². The molecule has 4 nitrogen and oxygen atoms in total. The van der Waals surface area contributed by atoms with Crippen molar-refractivity contribution in [1.82, 2.24) is 0 Å². The molecule has 0 aromatic carbocycles. The highest BCUT2D eigenvalue weighted by atomic mass is 16.5. The van der Waals surface area contributed by atoms with Gasteiger partial charge in [-0.2, -0.15) is 0 Å². The minimum Gasteiger partial charge on any atom is -0.462 e. The lowest BCUT2D eigenvalue weighted by molar-refractivity contribution is -0.140. The lowest BCUT2D eigenvalue weighted by Gasteiger charge is -2.17. The molecule has 0 amide bonds. The molecule has 108 valence electrons. The Morgan fingerprint density at radius 1 is 0.895 bits per heavy atom. The van der Waals surface area contributed by atoms with Gasteiger partial charge in [-0.1, -0.05) is 27.0 Å². The maximum Gasteiger partial charge on any atom is 0.333 e. The van der Waals surface area contributed by atoms with Crippen molar-refractivity contribution in [3.63, 3.8) is 0 Å². The summed E-state index contributed by atoms with van der Waals surface area (Å²) >= 11 is 0. The molecule has 0 saturated heterocycles. The Kier molecular flexibility index (Phi) is 7.80. The molecule has 0 aliphatic carbocycles. The van der Waals surface area contributed by atoms with Crippen molar-refractivity contribution in [2.24, 2.45) is 11.8 Å². The first-order valence-corrected chi connectivity index (χ1v) is 6.39. The van der Waals surface area contributed by atoms with Crippen LogP contribution < -0.4 is 0 Å². The van der Waals surface area contributed by atoms with Gasteiger partial charge in [0.15, 0.2) is 0 Å². The van der Waals surface area contributed by atoms with E-state index in [1.54, 1.807) is 13.8 Å².